The number of carbonyl (C=O) groups is 1. The largest absolute Gasteiger partial charge is 0.462 e. The number of fused-ring (bicyclic) bond motifs is 3. The Bertz CT molecular complexity index is 1570. The molecule has 44 heavy (non-hydrogen) atoms. The predicted octanol–water partition coefficient (Wildman–Crippen LogP) is 6.51. The van der Waals surface area contributed by atoms with Gasteiger partial charge in [0.15, 0.2) is 5.82 Å². The van der Waals surface area contributed by atoms with Gasteiger partial charge in [-0.3, -0.25) is 4.90 Å². The fourth-order valence-corrected chi connectivity index (χ4v) is 6.37. The second-order valence-corrected chi connectivity index (χ2v) is 13.5. The van der Waals surface area contributed by atoms with E-state index < -0.39 is 53.2 Å². The topological polar surface area (TPSA) is 77.0 Å². The first kappa shape index (κ1) is 30.4. The Morgan fingerprint density at radius 1 is 1.09 bits per heavy atom. The van der Waals surface area contributed by atoms with E-state index >= 15 is 4.39 Å². The number of alkyl halides is 2. The zero-order valence-corrected chi connectivity index (χ0v) is 25.2. The van der Waals surface area contributed by atoms with E-state index in [0.29, 0.717) is 32.0 Å². The number of hydrogen-bond acceptors (Lipinski definition) is 7. The van der Waals surface area contributed by atoms with Gasteiger partial charge in [0.25, 0.3) is 5.92 Å². The van der Waals surface area contributed by atoms with Crippen molar-refractivity contribution in [3.63, 3.8) is 0 Å². The van der Waals surface area contributed by atoms with E-state index in [1.807, 2.05) is 42.2 Å². The molecule has 1 unspecified atom stereocenters. The highest BCUT2D eigenvalue weighted by Crippen LogP contribution is 2.60. The molecule has 1 aliphatic carbocycles. The van der Waals surface area contributed by atoms with E-state index in [-0.39, 0.29) is 42.0 Å². The third-order valence-electron chi connectivity index (χ3n) is 8.67. The standard InChI is InChI=1S/C32H36F4N4O4/c1-29(2,3)44-28(41)40-22-10-11-30(40,4)17-39(14-22)26-23-12-21(33)13-24(34)25(23)37-27(38-26)43-19-31(16-32(31,35)36)18-42-15-20-8-6-5-7-9-20/h5-9,12-13,22H,10-11,14-19H2,1-4H3/t22-,30?,31-/m1/s1. The minimum atomic E-state index is -3.01. The molecule has 3 atom stereocenters. The van der Waals surface area contributed by atoms with Gasteiger partial charge < -0.3 is 19.1 Å². The van der Waals surface area contributed by atoms with E-state index in [2.05, 4.69) is 9.97 Å². The van der Waals surface area contributed by atoms with Gasteiger partial charge in [0.2, 0.25) is 0 Å². The molecule has 3 aliphatic rings. The summed E-state index contributed by atoms with van der Waals surface area (Å²) in [6.45, 7) is 7.47. The van der Waals surface area contributed by atoms with E-state index in [9.17, 15) is 18.0 Å². The normalized spacial score (nSPS) is 25.8. The van der Waals surface area contributed by atoms with Crippen molar-refractivity contribution in [1.82, 2.24) is 14.9 Å². The molecule has 6 rings (SSSR count). The molecule has 2 saturated heterocycles. The van der Waals surface area contributed by atoms with Crippen molar-refractivity contribution < 1.29 is 36.6 Å². The Morgan fingerprint density at radius 2 is 1.82 bits per heavy atom. The summed E-state index contributed by atoms with van der Waals surface area (Å²) >= 11 is 0. The van der Waals surface area contributed by atoms with E-state index in [1.165, 1.54) is 0 Å². The van der Waals surface area contributed by atoms with Crippen LogP contribution in [0.1, 0.15) is 52.5 Å². The van der Waals surface area contributed by atoms with Crippen molar-refractivity contribution in [2.45, 2.75) is 76.7 Å². The Kier molecular flexibility index (Phi) is 7.41. The SMILES string of the molecule is CC(C)(C)OC(=O)N1[C@@H]2CCC1(C)CN(c1nc(OC[C@]3(COCc4ccccc4)CC3(F)F)nc3c(F)cc(F)cc13)C2. The van der Waals surface area contributed by atoms with Crippen molar-refractivity contribution in [3.05, 3.63) is 59.7 Å². The van der Waals surface area contributed by atoms with Gasteiger partial charge >= 0.3 is 12.1 Å². The molecule has 2 aliphatic heterocycles. The van der Waals surface area contributed by atoms with Crippen LogP contribution in [0.3, 0.4) is 0 Å². The molecule has 2 bridgehead atoms. The average molecular weight is 617 g/mol. The molecule has 236 valence electrons. The molecule has 0 spiro atoms. The second-order valence-electron chi connectivity index (χ2n) is 13.5. The minimum Gasteiger partial charge on any atom is -0.462 e. The number of benzene rings is 2. The summed E-state index contributed by atoms with van der Waals surface area (Å²) in [5, 5.41) is 0.126. The fourth-order valence-electron chi connectivity index (χ4n) is 6.37. The number of rotatable bonds is 8. The maximum Gasteiger partial charge on any atom is 0.411 e. The smallest absolute Gasteiger partial charge is 0.411 e. The predicted molar refractivity (Wildman–Crippen MR) is 155 cm³/mol. The van der Waals surface area contributed by atoms with Gasteiger partial charge in [0, 0.05) is 31.0 Å². The van der Waals surface area contributed by atoms with Crippen LogP contribution in [0.5, 0.6) is 6.01 Å². The molecule has 1 aromatic heterocycles. The zero-order chi connectivity index (χ0) is 31.5. The molecule has 12 heteroatoms. The van der Waals surface area contributed by atoms with Gasteiger partial charge in [0.05, 0.1) is 30.2 Å². The van der Waals surface area contributed by atoms with Crippen LogP contribution in [-0.2, 0) is 16.1 Å². The Balaban J connectivity index is 1.25. The third-order valence-corrected chi connectivity index (χ3v) is 8.67. The monoisotopic (exact) mass is 616 g/mol. The van der Waals surface area contributed by atoms with Crippen LogP contribution in [0.15, 0.2) is 42.5 Å². The van der Waals surface area contributed by atoms with Gasteiger partial charge in [0.1, 0.15) is 29.4 Å². The highest BCUT2D eigenvalue weighted by atomic mass is 19.3. The molecule has 0 radical (unpaired) electrons. The first-order valence-corrected chi connectivity index (χ1v) is 14.8. The summed E-state index contributed by atoms with van der Waals surface area (Å²) in [7, 11) is 0. The quantitative estimate of drug-likeness (QED) is 0.267. The Labute approximate surface area is 253 Å². The lowest BCUT2D eigenvalue weighted by Crippen LogP contribution is -2.63. The van der Waals surface area contributed by atoms with Crippen molar-refractivity contribution in [3.8, 4) is 6.01 Å². The number of anilines is 1. The number of hydrogen-bond donors (Lipinski definition) is 0. The number of carbonyl (C=O) groups excluding carboxylic acids is 1. The Morgan fingerprint density at radius 3 is 2.48 bits per heavy atom. The fraction of sp³-hybridized carbons (Fsp3) is 0.531. The molecule has 2 aromatic carbocycles. The van der Waals surface area contributed by atoms with E-state index in [4.69, 9.17) is 14.2 Å². The molecule has 0 N–H and O–H groups in total. The number of piperazine rings is 1. The molecule has 1 saturated carbocycles. The number of aromatic nitrogens is 2. The van der Waals surface area contributed by atoms with Crippen LogP contribution in [0.2, 0.25) is 0 Å². The lowest BCUT2D eigenvalue weighted by molar-refractivity contribution is -0.0174. The van der Waals surface area contributed by atoms with Gasteiger partial charge in [-0.2, -0.15) is 9.97 Å². The summed E-state index contributed by atoms with van der Waals surface area (Å²) in [5.74, 6) is -4.53. The molecule has 3 fully saturated rings. The van der Waals surface area contributed by atoms with Crippen LogP contribution in [0, 0.1) is 17.0 Å². The van der Waals surface area contributed by atoms with Crippen LogP contribution < -0.4 is 9.64 Å². The maximum atomic E-state index is 15.1. The summed E-state index contributed by atoms with van der Waals surface area (Å²) in [4.78, 5) is 25.4. The van der Waals surface area contributed by atoms with Gasteiger partial charge in [-0.05, 0) is 52.2 Å². The van der Waals surface area contributed by atoms with Crippen molar-refractivity contribution in [2.24, 2.45) is 5.41 Å². The van der Waals surface area contributed by atoms with Gasteiger partial charge in [-0.15, -0.1) is 0 Å². The Hall–Kier alpha value is -3.67. The summed E-state index contributed by atoms with van der Waals surface area (Å²) in [5.41, 5.74) is -2.21. The summed E-state index contributed by atoms with van der Waals surface area (Å²) in [6.07, 6.45) is 0.563. The molecule has 8 nitrogen and oxygen atoms in total. The maximum absolute atomic E-state index is 15.1. The van der Waals surface area contributed by atoms with Crippen molar-refractivity contribution in [2.75, 3.05) is 31.2 Å². The van der Waals surface area contributed by atoms with Crippen LogP contribution in [-0.4, -0.2) is 70.4 Å². The average Bonchev–Trinajstić information content (AvgIpc) is 3.40. The van der Waals surface area contributed by atoms with E-state index in [1.54, 1.807) is 25.7 Å². The summed E-state index contributed by atoms with van der Waals surface area (Å²) < 4.78 is 75.8. The number of amides is 1. The van der Waals surface area contributed by atoms with Gasteiger partial charge in [-0.1, -0.05) is 30.3 Å². The zero-order valence-electron chi connectivity index (χ0n) is 25.2. The first-order valence-electron chi connectivity index (χ1n) is 14.8. The highest BCUT2D eigenvalue weighted by molar-refractivity contribution is 5.90. The van der Waals surface area contributed by atoms with E-state index in [0.717, 1.165) is 11.6 Å². The molecule has 3 heterocycles. The molecule has 1 amide bonds. The second kappa shape index (κ2) is 10.7. The minimum absolute atomic E-state index is 0.126. The van der Waals surface area contributed by atoms with Crippen molar-refractivity contribution in [1.29, 1.82) is 0 Å². The number of halogens is 4. The summed E-state index contributed by atoms with van der Waals surface area (Å²) in [6, 6.07) is 10.6. The third kappa shape index (κ3) is 5.76. The van der Waals surface area contributed by atoms with Crippen molar-refractivity contribution >= 4 is 22.8 Å². The lowest BCUT2D eigenvalue weighted by Gasteiger charge is -2.47. The van der Waals surface area contributed by atoms with Crippen LogP contribution in [0.25, 0.3) is 10.9 Å². The van der Waals surface area contributed by atoms with Gasteiger partial charge in [-0.25, -0.2) is 22.4 Å². The molecular formula is C32H36F4N4O4. The molecular weight excluding hydrogens is 580 g/mol. The molecule has 3 aromatic rings. The highest BCUT2D eigenvalue weighted by Gasteiger charge is 2.72. The number of ether oxygens (including phenoxy) is 3. The first-order chi connectivity index (χ1) is 20.7. The number of nitrogens with zero attached hydrogens (tertiary/aromatic N) is 4. The van der Waals surface area contributed by atoms with Crippen LogP contribution >= 0.6 is 0 Å². The lowest BCUT2D eigenvalue weighted by atomic mass is 9.97. The van der Waals surface area contributed by atoms with Crippen LogP contribution in [0.4, 0.5) is 28.2 Å².